The Kier molecular flexibility index (Phi) is 4.33. The lowest BCUT2D eigenvalue weighted by Crippen LogP contribution is -2.50. The monoisotopic (exact) mass is 292 g/mol. The Morgan fingerprint density at radius 2 is 2.05 bits per heavy atom. The van der Waals surface area contributed by atoms with Gasteiger partial charge in [0, 0.05) is 45.2 Å². The van der Waals surface area contributed by atoms with Crippen LogP contribution in [0, 0.1) is 0 Å². The molecule has 118 valence electrons. The van der Waals surface area contributed by atoms with Crippen LogP contribution < -0.4 is 0 Å². The number of piperidine rings is 1. The van der Waals surface area contributed by atoms with Gasteiger partial charge in [-0.25, -0.2) is 4.98 Å². The molecule has 1 aromatic heterocycles. The van der Waals surface area contributed by atoms with Crippen LogP contribution in [0.2, 0.25) is 0 Å². The number of aromatic nitrogens is 2. The van der Waals surface area contributed by atoms with Gasteiger partial charge in [0.25, 0.3) is 0 Å². The fraction of sp³-hybridized carbons (Fsp3) is 0.812. The first-order valence-corrected chi connectivity index (χ1v) is 8.06. The molecule has 1 saturated carbocycles. The van der Waals surface area contributed by atoms with E-state index < -0.39 is 0 Å². The van der Waals surface area contributed by atoms with E-state index in [2.05, 4.69) is 39.6 Å². The second-order valence-corrected chi connectivity index (χ2v) is 6.88. The van der Waals surface area contributed by atoms with E-state index in [0.717, 1.165) is 45.1 Å². The lowest BCUT2D eigenvalue weighted by molar-refractivity contribution is -0.0716. The zero-order valence-corrected chi connectivity index (χ0v) is 13.6. The Bertz CT molecular complexity index is 459. The van der Waals surface area contributed by atoms with E-state index in [-0.39, 0.29) is 5.60 Å². The molecule has 0 aromatic carbocycles. The molecule has 5 nitrogen and oxygen atoms in total. The van der Waals surface area contributed by atoms with Gasteiger partial charge in [-0.2, -0.15) is 0 Å². The van der Waals surface area contributed by atoms with E-state index in [0.29, 0.717) is 0 Å². The van der Waals surface area contributed by atoms with Crippen molar-refractivity contribution in [2.75, 3.05) is 40.8 Å². The maximum Gasteiger partial charge on any atom is 0.123 e. The predicted molar refractivity (Wildman–Crippen MR) is 83.3 cm³/mol. The molecule has 1 aromatic rings. The minimum atomic E-state index is 0.0336. The summed E-state index contributed by atoms with van der Waals surface area (Å²) in [4.78, 5) is 9.32. The lowest BCUT2D eigenvalue weighted by atomic mass is 9.90. The van der Waals surface area contributed by atoms with Crippen molar-refractivity contribution in [3.05, 3.63) is 18.2 Å². The van der Waals surface area contributed by atoms with Gasteiger partial charge in [-0.1, -0.05) is 0 Å². The molecule has 0 spiro atoms. The number of likely N-dealkylation sites (N-methyl/N-ethyl adjacent to an activating group) is 1. The van der Waals surface area contributed by atoms with Crippen LogP contribution in [-0.4, -0.2) is 65.8 Å². The first kappa shape index (κ1) is 15.0. The second kappa shape index (κ2) is 6.07. The summed E-state index contributed by atoms with van der Waals surface area (Å²) in [5.74, 6) is 1.23. The molecule has 1 saturated heterocycles. The quantitative estimate of drug-likeness (QED) is 0.800. The van der Waals surface area contributed by atoms with Gasteiger partial charge in [0.05, 0.1) is 12.1 Å². The fourth-order valence-corrected chi connectivity index (χ4v) is 3.47. The largest absolute Gasteiger partial charge is 0.377 e. The zero-order valence-electron chi connectivity index (χ0n) is 13.6. The average Bonchev–Trinajstić information content (AvgIpc) is 3.21. The van der Waals surface area contributed by atoms with Crippen molar-refractivity contribution >= 4 is 0 Å². The van der Waals surface area contributed by atoms with Crippen molar-refractivity contribution < 1.29 is 4.74 Å². The van der Waals surface area contributed by atoms with Gasteiger partial charge in [0.15, 0.2) is 0 Å². The zero-order chi connectivity index (χ0) is 14.9. The highest BCUT2D eigenvalue weighted by Gasteiger charge is 2.35. The van der Waals surface area contributed by atoms with Crippen molar-refractivity contribution in [3.63, 3.8) is 0 Å². The van der Waals surface area contributed by atoms with E-state index in [9.17, 15) is 0 Å². The molecule has 0 bridgehead atoms. The minimum absolute atomic E-state index is 0.0336. The summed E-state index contributed by atoms with van der Waals surface area (Å²) < 4.78 is 8.23. The first-order valence-electron chi connectivity index (χ1n) is 8.06. The van der Waals surface area contributed by atoms with Crippen molar-refractivity contribution in [1.82, 2.24) is 19.4 Å². The maximum atomic E-state index is 5.86. The first-order chi connectivity index (χ1) is 10.1. The number of nitrogens with zero attached hydrogens (tertiary/aromatic N) is 4. The van der Waals surface area contributed by atoms with Gasteiger partial charge < -0.3 is 14.2 Å². The number of likely N-dealkylation sites (tertiary alicyclic amines) is 1. The molecule has 1 aliphatic carbocycles. The molecule has 2 fully saturated rings. The van der Waals surface area contributed by atoms with Gasteiger partial charge in [-0.15, -0.1) is 0 Å². The van der Waals surface area contributed by atoms with Crippen LogP contribution in [0.5, 0.6) is 0 Å². The van der Waals surface area contributed by atoms with Crippen LogP contribution in [0.15, 0.2) is 12.4 Å². The summed E-state index contributed by atoms with van der Waals surface area (Å²) in [5.41, 5.74) is 0.0336. The van der Waals surface area contributed by atoms with Crippen molar-refractivity contribution in [1.29, 1.82) is 0 Å². The van der Waals surface area contributed by atoms with Gasteiger partial charge in [0.1, 0.15) is 5.82 Å². The molecule has 0 radical (unpaired) electrons. The molecule has 0 amide bonds. The summed E-state index contributed by atoms with van der Waals surface area (Å²) in [6.07, 6.45) is 8.93. The van der Waals surface area contributed by atoms with E-state index in [4.69, 9.17) is 4.74 Å². The number of rotatable bonds is 6. The predicted octanol–water partition coefficient (Wildman–Crippen LogP) is 1.76. The molecular formula is C16H28N4O. The highest BCUT2D eigenvalue weighted by molar-refractivity contribution is 5.00. The summed E-state index contributed by atoms with van der Waals surface area (Å²) in [5, 5.41) is 0. The van der Waals surface area contributed by atoms with Crippen LogP contribution in [0.25, 0.3) is 0 Å². The van der Waals surface area contributed by atoms with Gasteiger partial charge >= 0.3 is 0 Å². The molecule has 0 N–H and O–H groups in total. The summed E-state index contributed by atoms with van der Waals surface area (Å²) in [6, 6.07) is 0.721. The third kappa shape index (κ3) is 3.47. The molecule has 1 aliphatic heterocycles. The highest BCUT2D eigenvalue weighted by atomic mass is 16.5. The molecule has 3 rings (SSSR count). The molecule has 2 heterocycles. The van der Waals surface area contributed by atoms with Gasteiger partial charge in [0.2, 0.25) is 0 Å². The van der Waals surface area contributed by atoms with E-state index >= 15 is 0 Å². The van der Waals surface area contributed by atoms with Crippen LogP contribution in [0.4, 0.5) is 0 Å². The van der Waals surface area contributed by atoms with E-state index in [1.165, 1.54) is 18.7 Å². The van der Waals surface area contributed by atoms with E-state index in [1.54, 1.807) is 0 Å². The highest BCUT2D eigenvalue weighted by Crippen LogP contribution is 2.36. The number of hydrogen-bond acceptors (Lipinski definition) is 4. The van der Waals surface area contributed by atoms with Crippen LogP contribution in [0.3, 0.4) is 0 Å². The molecular weight excluding hydrogens is 264 g/mol. The van der Waals surface area contributed by atoms with Crippen molar-refractivity contribution in [3.8, 4) is 0 Å². The smallest absolute Gasteiger partial charge is 0.123 e. The average molecular weight is 292 g/mol. The SMILES string of the molecule is COC1(CN(C)C)CCN(Cc2nccn2C2CC2)CC1. The topological polar surface area (TPSA) is 33.5 Å². The molecule has 5 heteroatoms. The second-order valence-electron chi connectivity index (χ2n) is 6.88. The summed E-state index contributed by atoms with van der Waals surface area (Å²) in [6.45, 7) is 4.18. The molecule has 2 aliphatic rings. The normalized spacial score (nSPS) is 22.9. The Labute approximate surface area is 127 Å². The Hall–Kier alpha value is -0.910. The molecule has 0 atom stereocenters. The maximum absolute atomic E-state index is 5.86. The molecule has 0 unspecified atom stereocenters. The number of ether oxygens (including phenoxy) is 1. The van der Waals surface area contributed by atoms with Crippen molar-refractivity contribution in [2.24, 2.45) is 0 Å². The van der Waals surface area contributed by atoms with Gasteiger partial charge in [-0.3, -0.25) is 4.90 Å². The van der Waals surface area contributed by atoms with E-state index in [1.807, 2.05) is 13.3 Å². The lowest BCUT2D eigenvalue weighted by Gasteiger charge is -2.42. The van der Waals surface area contributed by atoms with Crippen LogP contribution in [0.1, 0.15) is 37.5 Å². The number of imidazole rings is 1. The Morgan fingerprint density at radius 3 is 2.62 bits per heavy atom. The van der Waals surface area contributed by atoms with Gasteiger partial charge in [-0.05, 0) is 39.8 Å². The third-order valence-corrected chi connectivity index (χ3v) is 4.86. The Balaban J connectivity index is 1.56. The third-order valence-electron chi connectivity index (χ3n) is 4.86. The number of methoxy groups -OCH3 is 1. The Morgan fingerprint density at radius 1 is 1.33 bits per heavy atom. The summed E-state index contributed by atoms with van der Waals surface area (Å²) in [7, 11) is 6.11. The minimum Gasteiger partial charge on any atom is -0.377 e. The standard InChI is InChI=1S/C16H28N4O/c1-18(2)13-16(21-3)6-9-19(10-7-16)12-15-17-8-11-20(15)14-4-5-14/h8,11,14H,4-7,9-10,12-13H2,1-3H3. The van der Waals surface area contributed by atoms with Crippen molar-refractivity contribution in [2.45, 2.75) is 43.9 Å². The summed E-state index contributed by atoms with van der Waals surface area (Å²) >= 11 is 0. The molecule has 21 heavy (non-hydrogen) atoms. The fourth-order valence-electron chi connectivity index (χ4n) is 3.47. The van der Waals surface area contributed by atoms with Crippen LogP contribution in [-0.2, 0) is 11.3 Å². The van der Waals surface area contributed by atoms with Crippen LogP contribution >= 0.6 is 0 Å². The number of hydrogen-bond donors (Lipinski definition) is 0.